The zero-order valence-corrected chi connectivity index (χ0v) is 15.4. The van der Waals surface area contributed by atoms with E-state index in [1.54, 1.807) is 21.3 Å². The van der Waals surface area contributed by atoms with Gasteiger partial charge < -0.3 is 24.4 Å². The molecule has 1 fully saturated rings. The Morgan fingerprint density at radius 2 is 1.76 bits per heavy atom. The van der Waals surface area contributed by atoms with Crippen LogP contribution in [-0.4, -0.2) is 58.4 Å². The van der Waals surface area contributed by atoms with Crippen LogP contribution < -0.4 is 14.8 Å². The standard InChI is InChI=1S/C19H28N2O4/c1-23-13-19(5-7-20-8-6-19)18(22)21-9-4-14-10-16(24-2)17(25-3)11-15(14)12-21/h10-11,20H,4-9,12-13H2,1-3H3. The second-order valence-corrected chi connectivity index (χ2v) is 6.92. The van der Waals surface area contributed by atoms with Crippen LogP contribution in [0, 0.1) is 5.41 Å². The van der Waals surface area contributed by atoms with Crippen LogP contribution in [0.15, 0.2) is 12.1 Å². The van der Waals surface area contributed by atoms with Crippen LogP contribution in [0.1, 0.15) is 24.0 Å². The molecular formula is C19H28N2O4. The number of hydrogen-bond acceptors (Lipinski definition) is 5. The van der Waals surface area contributed by atoms with Crippen molar-refractivity contribution in [1.29, 1.82) is 0 Å². The summed E-state index contributed by atoms with van der Waals surface area (Å²) in [6.45, 7) is 3.57. The minimum absolute atomic E-state index is 0.219. The molecule has 1 N–H and O–H groups in total. The molecule has 0 bridgehead atoms. The molecule has 0 aliphatic carbocycles. The van der Waals surface area contributed by atoms with E-state index in [0.29, 0.717) is 18.9 Å². The van der Waals surface area contributed by atoms with Gasteiger partial charge in [-0.2, -0.15) is 0 Å². The van der Waals surface area contributed by atoms with Crippen LogP contribution in [0.3, 0.4) is 0 Å². The van der Waals surface area contributed by atoms with Crippen molar-refractivity contribution in [3.05, 3.63) is 23.3 Å². The smallest absolute Gasteiger partial charge is 0.231 e. The SMILES string of the molecule is COCC1(C(=O)N2CCc3cc(OC)c(OC)cc3C2)CCNCC1. The Labute approximate surface area is 149 Å². The number of methoxy groups -OCH3 is 3. The number of hydrogen-bond donors (Lipinski definition) is 1. The minimum Gasteiger partial charge on any atom is -0.493 e. The summed E-state index contributed by atoms with van der Waals surface area (Å²) < 4.78 is 16.2. The molecule has 1 amide bonds. The molecule has 0 saturated carbocycles. The Morgan fingerprint density at radius 1 is 1.12 bits per heavy atom. The molecule has 0 spiro atoms. The molecule has 2 heterocycles. The predicted octanol–water partition coefficient (Wildman–Crippen LogP) is 1.60. The molecule has 0 radical (unpaired) electrons. The quantitative estimate of drug-likeness (QED) is 0.876. The van der Waals surface area contributed by atoms with Crippen molar-refractivity contribution in [2.24, 2.45) is 5.41 Å². The average Bonchev–Trinajstić information content (AvgIpc) is 2.66. The third kappa shape index (κ3) is 3.46. The second-order valence-electron chi connectivity index (χ2n) is 6.92. The van der Waals surface area contributed by atoms with E-state index in [9.17, 15) is 4.79 Å². The van der Waals surface area contributed by atoms with Gasteiger partial charge in [0.05, 0.1) is 26.2 Å². The normalized spacial score (nSPS) is 19.2. The first-order chi connectivity index (χ1) is 12.1. The number of carbonyl (C=O) groups excluding carboxylic acids is 1. The lowest BCUT2D eigenvalue weighted by Crippen LogP contribution is -2.52. The molecule has 25 heavy (non-hydrogen) atoms. The molecule has 1 aromatic rings. The van der Waals surface area contributed by atoms with E-state index < -0.39 is 5.41 Å². The summed E-state index contributed by atoms with van der Waals surface area (Å²) in [6, 6.07) is 4.03. The number of rotatable bonds is 5. The van der Waals surface area contributed by atoms with Gasteiger partial charge in [-0.3, -0.25) is 4.79 Å². The number of amides is 1. The largest absolute Gasteiger partial charge is 0.493 e. The van der Waals surface area contributed by atoms with E-state index in [2.05, 4.69) is 5.32 Å². The first-order valence-corrected chi connectivity index (χ1v) is 8.86. The highest BCUT2D eigenvalue weighted by Gasteiger charge is 2.42. The Balaban J connectivity index is 1.82. The van der Waals surface area contributed by atoms with Gasteiger partial charge in [0.25, 0.3) is 0 Å². The van der Waals surface area contributed by atoms with Crippen molar-refractivity contribution in [2.75, 3.05) is 47.6 Å². The van der Waals surface area contributed by atoms with Crippen molar-refractivity contribution in [2.45, 2.75) is 25.8 Å². The van der Waals surface area contributed by atoms with E-state index in [1.807, 2.05) is 17.0 Å². The molecule has 2 aliphatic rings. The lowest BCUT2D eigenvalue weighted by Gasteiger charge is -2.41. The second kappa shape index (κ2) is 7.62. The molecule has 1 aromatic carbocycles. The van der Waals surface area contributed by atoms with Gasteiger partial charge in [-0.15, -0.1) is 0 Å². The maximum atomic E-state index is 13.3. The first-order valence-electron chi connectivity index (χ1n) is 8.86. The molecule has 2 aliphatic heterocycles. The van der Waals surface area contributed by atoms with E-state index in [4.69, 9.17) is 14.2 Å². The zero-order valence-electron chi connectivity index (χ0n) is 15.4. The number of benzene rings is 1. The lowest BCUT2D eigenvalue weighted by atomic mass is 9.77. The summed E-state index contributed by atoms with van der Waals surface area (Å²) in [4.78, 5) is 15.3. The molecule has 0 unspecified atom stereocenters. The summed E-state index contributed by atoms with van der Waals surface area (Å²) in [7, 11) is 4.97. The van der Waals surface area contributed by atoms with E-state index in [1.165, 1.54) is 5.56 Å². The van der Waals surface area contributed by atoms with Gasteiger partial charge in [-0.1, -0.05) is 0 Å². The van der Waals surface area contributed by atoms with Gasteiger partial charge in [0.15, 0.2) is 11.5 Å². The third-order valence-electron chi connectivity index (χ3n) is 5.44. The Morgan fingerprint density at radius 3 is 2.36 bits per heavy atom. The minimum atomic E-state index is -0.395. The van der Waals surface area contributed by atoms with Crippen LogP contribution >= 0.6 is 0 Å². The zero-order chi connectivity index (χ0) is 17.9. The van der Waals surface area contributed by atoms with E-state index >= 15 is 0 Å². The lowest BCUT2D eigenvalue weighted by molar-refractivity contribution is -0.148. The van der Waals surface area contributed by atoms with Crippen LogP contribution in [-0.2, 0) is 22.5 Å². The fourth-order valence-electron chi connectivity index (χ4n) is 3.99. The van der Waals surface area contributed by atoms with Gasteiger partial charge in [0.2, 0.25) is 5.91 Å². The monoisotopic (exact) mass is 348 g/mol. The molecule has 138 valence electrons. The van der Waals surface area contributed by atoms with Crippen LogP contribution in [0.2, 0.25) is 0 Å². The van der Waals surface area contributed by atoms with Crippen molar-refractivity contribution >= 4 is 5.91 Å². The number of piperidine rings is 1. The molecule has 6 nitrogen and oxygen atoms in total. The van der Waals surface area contributed by atoms with Crippen LogP contribution in [0.4, 0.5) is 0 Å². The Bertz CT molecular complexity index is 621. The number of carbonyl (C=O) groups is 1. The summed E-state index contributed by atoms with van der Waals surface area (Å²) in [5, 5.41) is 3.34. The maximum absolute atomic E-state index is 13.3. The highest BCUT2D eigenvalue weighted by atomic mass is 16.5. The van der Waals surface area contributed by atoms with Crippen molar-refractivity contribution in [3.8, 4) is 11.5 Å². The van der Waals surface area contributed by atoms with E-state index in [0.717, 1.165) is 50.2 Å². The maximum Gasteiger partial charge on any atom is 0.231 e. The van der Waals surface area contributed by atoms with E-state index in [-0.39, 0.29) is 5.91 Å². The first kappa shape index (κ1) is 18.0. The van der Waals surface area contributed by atoms with Crippen molar-refractivity contribution in [3.63, 3.8) is 0 Å². The predicted molar refractivity (Wildman–Crippen MR) is 95.1 cm³/mol. The number of nitrogens with zero attached hydrogens (tertiary/aromatic N) is 1. The summed E-state index contributed by atoms with van der Waals surface area (Å²) in [5.41, 5.74) is 1.97. The third-order valence-corrected chi connectivity index (χ3v) is 5.44. The Hall–Kier alpha value is -1.79. The van der Waals surface area contributed by atoms with Crippen molar-refractivity contribution < 1.29 is 19.0 Å². The highest BCUT2D eigenvalue weighted by Crippen LogP contribution is 2.36. The number of nitrogens with one attached hydrogen (secondary N) is 1. The molecular weight excluding hydrogens is 320 g/mol. The molecule has 1 saturated heterocycles. The molecule has 0 aromatic heterocycles. The molecule has 6 heteroatoms. The van der Waals surface area contributed by atoms with Gasteiger partial charge in [0, 0.05) is 20.2 Å². The topological polar surface area (TPSA) is 60.0 Å². The average molecular weight is 348 g/mol. The highest BCUT2D eigenvalue weighted by molar-refractivity contribution is 5.83. The van der Waals surface area contributed by atoms with Crippen LogP contribution in [0.25, 0.3) is 0 Å². The van der Waals surface area contributed by atoms with Gasteiger partial charge in [-0.05, 0) is 55.6 Å². The van der Waals surface area contributed by atoms with Gasteiger partial charge >= 0.3 is 0 Å². The molecule has 3 rings (SSSR count). The number of fused-ring (bicyclic) bond motifs is 1. The summed E-state index contributed by atoms with van der Waals surface area (Å²) >= 11 is 0. The Kier molecular flexibility index (Phi) is 5.49. The fourth-order valence-corrected chi connectivity index (χ4v) is 3.99. The fraction of sp³-hybridized carbons (Fsp3) is 0.632. The molecule has 0 atom stereocenters. The summed E-state index contributed by atoms with van der Waals surface area (Å²) in [5.74, 6) is 1.68. The van der Waals surface area contributed by atoms with Crippen LogP contribution in [0.5, 0.6) is 11.5 Å². The summed E-state index contributed by atoms with van der Waals surface area (Å²) in [6.07, 6.45) is 2.49. The number of ether oxygens (including phenoxy) is 3. The van der Waals surface area contributed by atoms with Crippen molar-refractivity contribution in [1.82, 2.24) is 10.2 Å². The van der Waals surface area contributed by atoms with Gasteiger partial charge in [-0.25, -0.2) is 0 Å². The van der Waals surface area contributed by atoms with Gasteiger partial charge in [0.1, 0.15) is 0 Å².